The Kier molecular flexibility index (Phi) is 3.22. The summed E-state index contributed by atoms with van der Waals surface area (Å²) in [5, 5.41) is 0. The Morgan fingerprint density at radius 3 is 2.56 bits per heavy atom. The second-order valence-corrected chi connectivity index (χ2v) is 5.32. The molecule has 88 valence electrons. The van der Waals surface area contributed by atoms with E-state index in [1.54, 1.807) is 12.7 Å². The molecule has 1 aromatic carbocycles. The van der Waals surface area contributed by atoms with Crippen LogP contribution in [0, 0.1) is 5.92 Å². The first-order chi connectivity index (χ1) is 7.63. The summed E-state index contributed by atoms with van der Waals surface area (Å²) in [4.78, 5) is 0. The van der Waals surface area contributed by atoms with Crippen LogP contribution in [-0.4, -0.2) is 7.11 Å². The summed E-state index contributed by atoms with van der Waals surface area (Å²) in [5.41, 5.74) is 3.05. The van der Waals surface area contributed by atoms with Crippen LogP contribution in [0.4, 0.5) is 0 Å². The number of rotatable bonds is 2. The van der Waals surface area contributed by atoms with E-state index in [4.69, 9.17) is 4.74 Å². The van der Waals surface area contributed by atoms with E-state index in [9.17, 15) is 0 Å². The third-order valence-corrected chi connectivity index (χ3v) is 3.94. The topological polar surface area (TPSA) is 9.23 Å². The van der Waals surface area contributed by atoms with Crippen LogP contribution in [0.1, 0.15) is 56.6 Å². The second-order valence-electron chi connectivity index (χ2n) is 5.32. The van der Waals surface area contributed by atoms with Crippen LogP contribution in [0.5, 0.6) is 5.75 Å². The van der Waals surface area contributed by atoms with Gasteiger partial charge in [0.1, 0.15) is 5.75 Å². The fourth-order valence-electron chi connectivity index (χ4n) is 2.88. The third kappa shape index (κ3) is 1.95. The first-order valence-corrected chi connectivity index (χ1v) is 6.31. The molecule has 0 saturated carbocycles. The monoisotopic (exact) mass is 218 g/mol. The van der Waals surface area contributed by atoms with Gasteiger partial charge in [-0.2, -0.15) is 0 Å². The number of fused-ring (bicyclic) bond motifs is 1. The summed E-state index contributed by atoms with van der Waals surface area (Å²) in [7, 11) is 1.75. The van der Waals surface area contributed by atoms with Crippen molar-refractivity contribution in [1.29, 1.82) is 0 Å². The van der Waals surface area contributed by atoms with Gasteiger partial charge < -0.3 is 4.74 Å². The molecule has 16 heavy (non-hydrogen) atoms. The van der Waals surface area contributed by atoms with Gasteiger partial charge in [-0.25, -0.2) is 0 Å². The van der Waals surface area contributed by atoms with Crippen molar-refractivity contribution in [3.63, 3.8) is 0 Å². The fraction of sp³-hybridized carbons (Fsp3) is 0.600. The lowest BCUT2D eigenvalue weighted by Gasteiger charge is -2.32. The molecular formula is C15H22O. The minimum Gasteiger partial charge on any atom is -0.497 e. The second kappa shape index (κ2) is 4.48. The average Bonchev–Trinajstić information content (AvgIpc) is 2.29. The normalized spacial score (nSPS) is 24.3. The maximum Gasteiger partial charge on any atom is 0.119 e. The fourth-order valence-corrected chi connectivity index (χ4v) is 2.88. The van der Waals surface area contributed by atoms with E-state index in [-0.39, 0.29) is 0 Å². The number of hydrogen-bond donors (Lipinski definition) is 0. The van der Waals surface area contributed by atoms with Gasteiger partial charge in [-0.3, -0.25) is 0 Å². The minimum atomic E-state index is 0.681. The van der Waals surface area contributed by atoms with Crippen molar-refractivity contribution in [2.24, 2.45) is 5.92 Å². The molecule has 0 saturated heterocycles. The zero-order valence-corrected chi connectivity index (χ0v) is 10.8. The van der Waals surface area contributed by atoms with Crippen molar-refractivity contribution in [1.82, 2.24) is 0 Å². The summed E-state index contributed by atoms with van der Waals surface area (Å²) < 4.78 is 5.32. The van der Waals surface area contributed by atoms with Gasteiger partial charge in [0.05, 0.1) is 7.11 Å². The standard InChI is InChI=1S/C15H22O/c1-10(2)13-7-5-11(3)15-9-12(16-4)6-8-14(13)15/h6,8-11,13H,5,7H2,1-4H3/t11-,13+/m0/s1. The molecule has 0 amide bonds. The maximum atomic E-state index is 5.32. The number of ether oxygens (including phenoxy) is 1. The Morgan fingerprint density at radius 1 is 1.19 bits per heavy atom. The highest BCUT2D eigenvalue weighted by Crippen LogP contribution is 2.43. The summed E-state index contributed by atoms with van der Waals surface area (Å²) in [6.07, 6.45) is 2.64. The largest absolute Gasteiger partial charge is 0.497 e. The van der Waals surface area contributed by atoms with Gasteiger partial charge in [0.25, 0.3) is 0 Å². The predicted octanol–water partition coefficient (Wildman–Crippen LogP) is 4.33. The highest BCUT2D eigenvalue weighted by atomic mass is 16.5. The van der Waals surface area contributed by atoms with Crippen LogP contribution < -0.4 is 4.74 Å². The number of methoxy groups -OCH3 is 1. The van der Waals surface area contributed by atoms with E-state index in [0.717, 1.165) is 17.6 Å². The molecule has 1 nitrogen and oxygen atoms in total. The third-order valence-electron chi connectivity index (χ3n) is 3.94. The molecule has 0 heterocycles. The van der Waals surface area contributed by atoms with E-state index in [0.29, 0.717) is 5.92 Å². The van der Waals surface area contributed by atoms with E-state index >= 15 is 0 Å². The first kappa shape index (κ1) is 11.5. The van der Waals surface area contributed by atoms with Crippen LogP contribution in [0.15, 0.2) is 18.2 Å². The SMILES string of the molecule is COc1ccc2c(c1)[C@@H](C)CC[C@@H]2C(C)C. The molecule has 1 aliphatic carbocycles. The summed E-state index contributed by atoms with van der Waals surface area (Å²) in [5.74, 6) is 3.15. The average molecular weight is 218 g/mol. The lowest BCUT2D eigenvalue weighted by Crippen LogP contribution is -2.17. The van der Waals surface area contributed by atoms with Gasteiger partial charge in [-0.1, -0.05) is 26.8 Å². The summed E-state index contributed by atoms with van der Waals surface area (Å²) >= 11 is 0. The molecule has 1 aliphatic rings. The molecule has 0 N–H and O–H groups in total. The van der Waals surface area contributed by atoms with Gasteiger partial charge in [0, 0.05) is 0 Å². The first-order valence-electron chi connectivity index (χ1n) is 6.31. The van der Waals surface area contributed by atoms with Crippen LogP contribution in [0.3, 0.4) is 0 Å². The van der Waals surface area contributed by atoms with E-state index in [1.807, 2.05) is 0 Å². The van der Waals surface area contributed by atoms with E-state index in [1.165, 1.54) is 18.4 Å². The molecule has 0 aromatic heterocycles. The number of benzene rings is 1. The Hall–Kier alpha value is -0.980. The van der Waals surface area contributed by atoms with Crippen LogP contribution in [0.2, 0.25) is 0 Å². The molecule has 0 radical (unpaired) electrons. The van der Waals surface area contributed by atoms with Crippen LogP contribution >= 0.6 is 0 Å². The molecule has 2 atom stereocenters. The van der Waals surface area contributed by atoms with Gasteiger partial charge in [-0.15, -0.1) is 0 Å². The quantitative estimate of drug-likeness (QED) is 0.717. The molecular weight excluding hydrogens is 196 g/mol. The van der Waals surface area contributed by atoms with Gasteiger partial charge in [0.2, 0.25) is 0 Å². The molecule has 0 bridgehead atoms. The lowest BCUT2D eigenvalue weighted by atomic mass is 9.73. The Labute approximate surface area is 98.8 Å². The molecule has 0 spiro atoms. The van der Waals surface area contributed by atoms with Crippen molar-refractivity contribution in [2.75, 3.05) is 7.11 Å². The lowest BCUT2D eigenvalue weighted by molar-refractivity contribution is 0.397. The van der Waals surface area contributed by atoms with Gasteiger partial charge >= 0.3 is 0 Å². The van der Waals surface area contributed by atoms with Crippen LogP contribution in [0.25, 0.3) is 0 Å². The van der Waals surface area contributed by atoms with Crippen molar-refractivity contribution < 1.29 is 4.74 Å². The predicted molar refractivity (Wildman–Crippen MR) is 68.2 cm³/mol. The zero-order chi connectivity index (χ0) is 11.7. The van der Waals surface area contributed by atoms with Crippen molar-refractivity contribution in [3.05, 3.63) is 29.3 Å². The van der Waals surface area contributed by atoms with Gasteiger partial charge in [0.15, 0.2) is 0 Å². The van der Waals surface area contributed by atoms with Crippen molar-refractivity contribution in [3.8, 4) is 5.75 Å². The zero-order valence-electron chi connectivity index (χ0n) is 10.8. The molecule has 1 aromatic rings. The maximum absolute atomic E-state index is 5.32. The number of hydrogen-bond acceptors (Lipinski definition) is 1. The van der Waals surface area contributed by atoms with E-state index in [2.05, 4.69) is 39.0 Å². The Morgan fingerprint density at radius 2 is 1.94 bits per heavy atom. The highest BCUT2D eigenvalue weighted by Gasteiger charge is 2.26. The van der Waals surface area contributed by atoms with Crippen molar-refractivity contribution in [2.45, 2.75) is 45.4 Å². The molecule has 0 fully saturated rings. The van der Waals surface area contributed by atoms with Crippen molar-refractivity contribution >= 4 is 0 Å². The Bertz CT molecular complexity index is 368. The smallest absolute Gasteiger partial charge is 0.119 e. The summed E-state index contributed by atoms with van der Waals surface area (Å²) in [6, 6.07) is 6.61. The Balaban J connectivity index is 2.43. The highest BCUT2D eigenvalue weighted by molar-refractivity contribution is 5.41. The molecule has 0 aliphatic heterocycles. The molecule has 0 unspecified atom stereocenters. The van der Waals surface area contributed by atoms with E-state index < -0.39 is 0 Å². The minimum absolute atomic E-state index is 0.681. The molecule has 2 rings (SSSR count). The summed E-state index contributed by atoms with van der Waals surface area (Å²) in [6.45, 7) is 6.98. The van der Waals surface area contributed by atoms with Crippen LogP contribution in [-0.2, 0) is 0 Å². The molecule has 1 heteroatoms. The van der Waals surface area contributed by atoms with Gasteiger partial charge in [-0.05, 0) is 53.9 Å².